The largest absolute Gasteiger partial charge is 0.497 e. The molecule has 0 saturated carbocycles. The molecular formula is C24H21NO5. The fourth-order valence-electron chi connectivity index (χ4n) is 3.40. The third-order valence-electron chi connectivity index (χ3n) is 4.89. The van der Waals surface area contributed by atoms with Gasteiger partial charge in [0.05, 0.1) is 19.8 Å². The van der Waals surface area contributed by atoms with Crippen molar-refractivity contribution >= 4 is 39.3 Å². The smallest absolute Gasteiger partial charge is 0.311 e. The molecule has 1 N–H and O–H groups in total. The van der Waals surface area contributed by atoms with Crippen molar-refractivity contribution in [2.45, 2.75) is 19.4 Å². The molecule has 6 nitrogen and oxygen atoms in total. The molecule has 0 saturated heterocycles. The van der Waals surface area contributed by atoms with Crippen LogP contribution in [0.3, 0.4) is 0 Å². The first-order valence-corrected chi connectivity index (χ1v) is 9.57. The first kappa shape index (κ1) is 19.5. The summed E-state index contributed by atoms with van der Waals surface area (Å²) in [5.74, 6) is -0.297. The van der Waals surface area contributed by atoms with Gasteiger partial charge in [0, 0.05) is 22.7 Å². The van der Waals surface area contributed by atoms with Crippen LogP contribution in [0.25, 0.3) is 21.7 Å². The van der Waals surface area contributed by atoms with Crippen LogP contribution in [-0.4, -0.2) is 25.1 Å². The first-order chi connectivity index (χ1) is 14.5. The molecule has 0 unspecified atom stereocenters. The van der Waals surface area contributed by atoms with E-state index in [4.69, 9.17) is 13.9 Å². The summed E-state index contributed by atoms with van der Waals surface area (Å²) in [6.07, 6.45) is 0.635. The Hall–Kier alpha value is -3.80. The summed E-state index contributed by atoms with van der Waals surface area (Å²) in [6, 6.07) is 18.7. The van der Waals surface area contributed by atoms with Crippen LogP contribution in [0.1, 0.15) is 12.5 Å². The first-order valence-electron chi connectivity index (χ1n) is 9.57. The minimum Gasteiger partial charge on any atom is -0.497 e. The lowest BCUT2D eigenvalue weighted by atomic mass is 10.0. The molecule has 4 rings (SSSR count). The molecule has 1 heterocycles. The van der Waals surface area contributed by atoms with Gasteiger partial charge in [-0.3, -0.25) is 9.59 Å². The summed E-state index contributed by atoms with van der Waals surface area (Å²) >= 11 is 0. The molecule has 152 valence electrons. The number of rotatable bonds is 6. The van der Waals surface area contributed by atoms with Crippen LogP contribution in [0, 0.1) is 0 Å². The summed E-state index contributed by atoms with van der Waals surface area (Å²) in [4.78, 5) is 24.9. The Bertz CT molecular complexity index is 1230. The van der Waals surface area contributed by atoms with Gasteiger partial charge in [-0.2, -0.15) is 0 Å². The number of benzene rings is 3. The number of nitrogens with one attached hydrogen (secondary N) is 1. The summed E-state index contributed by atoms with van der Waals surface area (Å²) < 4.78 is 16.1. The van der Waals surface area contributed by atoms with E-state index in [1.807, 2.05) is 36.4 Å². The van der Waals surface area contributed by atoms with E-state index in [0.29, 0.717) is 17.0 Å². The van der Waals surface area contributed by atoms with Crippen molar-refractivity contribution in [3.8, 4) is 5.75 Å². The van der Waals surface area contributed by atoms with Gasteiger partial charge in [-0.05, 0) is 35.9 Å². The number of carbonyl (C=O) groups is 2. The minimum absolute atomic E-state index is 0.0117. The molecule has 0 aliphatic rings. The zero-order valence-corrected chi connectivity index (χ0v) is 16.7. The molecule has 0 bridgehead atoms. The lowest BCUT2D eigenvalue weighted by molar-refractivity contribution is -0.152. The number of anilines is 1. The average Bonchev–Trinajstić information content (AvgIpc) is 3.16. The second-order valence-electron chi connectivity index (χ2n) is 6.95. The number of ether oxygens (including phenoxy) is 2. The van der Waals surface area contributed by atoms with Crippen molar-refractivity contribution in [1.29, 1.82) is 0 Å². The van der Waals surface area contributed by atoms with Crippen LogP contribution in [0.5, 0.6) is 5.75 Å². The molecule has 1 atom stereocenters. The highest BCUT2D eigenvalue weighted by atomic mass is 16.5. The van der Waals surface area contributed by atoms with Gasteiger partial charge in [0.1, 0.15) is 11.3 Å². The van der Waals surface area contributed by atoms with E-state index in [1.54, 1.807) is 37.6 Å². The minimum atomic E-state index is -0.946. The van der Waals surface area contributed by atoms with Crippen LogP contribution in [-0.2, 0) is 20.7 Å². The van der Waals surface area contributed by atoms with E-state index in [1.165, 1.54) is 6.92 Å². The van der Waals surface area contributed by atoms with Gasteiger partial charge in [-0.25, -0.2) is 0 Å². The summed E-state index contributed by atoms with van der Waals surface area (Å²) in [6.45, 7) is 1.54. The zero-order valence-electron chi connectivity index (χ0n) is 16.7. The maximum Gasteiger partial charge on any atom is 0.311 e. The maximum absolute atomic E-state index is 12.5. The van der Waals surface area contributed by atoms with Gasteiger partial charge in [0.2, 0.25) is 0 Å². The van der Waals surface area contributed by atoms with E-state index in [9.17, 15) is 9.59 Å². The number of furan rings is 1. The van der Waals surface area contributed by atoms with Gasteiger partial charge in [-0.1, -0.05) is 36.4 Å². The van der Waals surface area contributed by atoms with E-state index < -0.39 is 18.0 Å². The summed E-state index contributed by atoms with van der Waals surface area (Å²) in [5.41, 5.74) is 2.00. The SMILES string of the molecule is COc1cccc(NC(=O)[C@@H](C)OC(=O)Cc2coc3ccc4ccccc4c23)c1. The van der Waals surface area contributed by atoms with Gasteiger partial charge in [0.15, 0.2) is 6.10 Å². The van der Waals surface area contributed by atoms with E-state index >= 15 is 0 Å². The second-order valence-corrected chi connectivity index (χ2v) is 6.95. The Morgan fingerprint density at radius 3 is 2.73 bits per heavy atom. The Morgan fingerprint density at radius 2 is 1.90 bits per heavy atom. The van der Waals surface area contributed by atoms with Crippen LogP contribution in [0.2, 0.25) is 0 Å². The Morgan fingerprint density at radius 1 is 1.07 bits per heavy atom. The molecule has 0 aliphatic heterocycles. The molecule has 30 heavy (non-hydrogen) atoms. The van der Waals surface area contributed by atoms with Crippen molar-refractivity contribution in [1.82, 2.24) is 0 Å². The van der Waals surface area contributed by atoms with Crippen LogP contribution in [0.4, 0.5) is 5.69 Å². The van der Waals surface area contributed by atoms with Gasteiger partial charge in [-0.15, -0.1) is 0 Å². The molecule has 1 amide bonds. The van der Waals surface area contributed by atoms with Crippen molar-refractivity contribution in [3.63, 3.8) is 0 Å². The predicted molar refractivity (Wildman–Crippen MR) is 115 cm³/mol. The quantitative estimate of drug-likeness (QED) is 0.472. The number of esters is 1. The number of amides is 1. The predicted octanol–water partition coefficient (Wildman–Crippen LogP) is 4.71. The molecular weight excluding hydrogens is 382 g/mol. The highest BCUT2D eigenvalue weighted by Gasteiger charge is 2.20. The summed E-state index contributed by atoms with van der Waals surface area (Å²) in [7, 11) is 1.55. The topological polar surface area (TPSA) is 77.8 Å². The van der Waals surface area contributed by atoms with Crippen molar-refractivity contribution < 1.29 is 23.5 Å². The molecule has 3 aromatic carbocycles. The van der Waals surface area contributed by atoms with Crippen molar-refractivity contribution in [2.24, 2.45) is 0 Å². The average molecular weight is 403 g/mol. The van der Waals surface area contributed by atoms with Gasteiger partial charge < -0.3 is 19.2 Å². The number of hydrogen-bond donors (Lipinski definition) is 1. The monoisotopic (exact) mass is 403 g/mol. The standard InChI is InChI=1S/C24H21NO5/c1-15(24(27)25-18-7-5-8-19(13-18)28-2)30-22(26)12-17-14-29-21-11-10-16-6-3-4-9-20(16)23(17)21/h3-11,13-15H,12H2,1-2H3,(H,25,27)/t15-/m1/s1. The normalized spacial score (nSPS) is 11.9. The van der Waals surface area contributed by atoms with E-state index in [-0.39, 0.29) is 6.42 Å². The molecule has 0 fully saturated rings. The Kier molecular flexibility index (Phi) is 5.39. The maximum atomic E-state index is 12.5. The number of carbonyl (C=O) groups excluding carboxylic acids is 2. The lowest BCUT2D eigenvalue weighted by Crippen LogP contribution is -2.30. The Labute approximate surface area is 173 Å². The molecule has 6 heteroatoms. The van der Waals surface area contributed by atoms with Crippen LogP contribution >= 0.6 is 0 Å². The van der Waals surface area contributed by atoms with E-state index in [0.717, 1.165) is 21.7 Å². The fourth-order valence-corrected chi connectivity index (χ4v) is 3.40. The lowest BCUT2D eigenvalue weighted by Gasteiger charge is -2.14. The number of fused-ring (bicyclic) bond motifs is 3. The third-order valence-corrected chi connectivity index (χ3v) is 4.89. The number of hydrogen-bond acceptors (Lipinski definition) is 5. The fraction of sp³-hybridized carbons (Fsp3) is 0.167. The zero-order chi connectivity index (χ0) is 21.1. The van der Waals surface area contributed by atoms with Crippen molar-refractivity contribution in [2.75, 3.05) is 12.4 Å². The van der Waals surface area contributed by atoms with Gasteiger partial charge in [0.25, 0.3) is 5.91 Å². The number of methoxy groups -OCH3 is 1. The van der Waals surface area contributed by atoms with E-state index in [2.05, 4.69) is 5.32 Å². The van der Waals surface area contributed by atoms with Crippen molar-refractivity contribution in [3.05, 3.63) is 72.5 Å². The second kappa shape index (κ2) is 8.29. The highest BCUT2D eigenvalue weighted by Crippen LogP contribution is 2.30. The third kappa shape index (κ3) is 3.98. The molecule has 1 aromatic heterocycles. The molecule has 0 aliphatic carbocycles. The van der Waals surface area contributed by atoms with Crippen LogP contribution < -0.4 is 10.1 Å². The van der Waals surface area contributed by atoms with Gasteiger partial charge >= 0.3 is 5.97 Å². The highest BCUT2D eigenvalue weighted by molar-refractivity contribution is 6.08. The molecule has 0 spiro atoms. The van der Waals surface area contributed by atoms with Crippen LogP contribution in [0.15, 0.2) is 71.3 Å². The molecule has 0 radical (unpaired) electrons. The Balaban J connectivity index is 1.45. The molecule has 4 aromatic rings. The summed E-state index contributed by atoms with van der Waals surface area (Å²) in [5, 5.41) is 5.68.